The van der Waals surface area contributed by atoms with Crippen LogP contribution in [0.15, 0.2) is 52.9 Å². The number of rotatable bonds is 4. The van der Waals surface area contributed by atoms with Gasteiger partial charge in [0.15, 0.2) is 11.5 Å². The van der Waals surface area contributed by atoms with Gasteiger partial charge in [-0.1, -0.05) is 30.3 Å². The largest absolute Gasteiger partial charge is 0.440 e. The molecule has 1 saturated heterocycles. The van der Waals surface area contributed by atoms with E-state index in [4.69, 9.17) is 4.42 Å². The molecule has 0 spiro atoms. The number of anilines is 1. The summed E-state index contributed by atoms with van der Waals surface area (Å²) in [6.07, 6.45) is 2.59. The standard InChI is InChI=1S/C19H19N3O2/c23-19(16-7-4-10-20-16)21-14-8-9-15-17(12-14)24-18(22-15)11-13-5-2-1-3-6-13/h1-3,5-6,8-9,12,16,20H,4,7,10-11H2,(H,21,23). The first-order valence-electron chi connectivity index (χ1n) is 8.25. The van der Waals surface area contributed by atoms with Crippen LogP contribution in [0.25, 0.3) is 11.1 Å². The minimum Gasteiger partial charge on any atom is -0.440 e. The maximum atomic E-state index is 12.2. The monoisotopic (exact) mass is 321 g/mol. The van der Waals surface area contributed by atoms with Crippen LogP contribution in [0.1, 0.15) is 24.3 Å². The number of fused-ring (bicyclic) bond motifs is 1. The van der Waals surface area contributed by atoms with Crippen LogP contribution in [0.4, 0.5) is 5.69 Å². The molecular weight excluding hydrogens is 302 g/mol. The van der Waals surface area contributed by atoms with Gasteiger partial charge in [0, 0.05) is 18.2 Å². The highest BCUT2D eigenvalue weighted by Crippen LogP contribution is 2.22. The fourth-order valence-electron chi connectivity index (χ4n) is 3.03. The molecule has 0 bridgehead atoms. The summed E-state index contributed by atoms with van der Waals surface area (Å²) < 4.78 is 5.84. The van der Waals surface area contributed by atoms with Gasteiger partial charge in [-0.2, -0.15) is 0 Å². The number of nitrogens with one attached hydrogen (secondary N) is 2. The zero-order valence-electron chi connectivity index (χ0n) is 13.3. The summed E-state index contributed by atoms with van der Waals surface area (Å²) in [6, 6.07) is 15.6. The van der Waals surface area contributed by atoms with E-state index in [9.17, 15) is 4.79 Å². The van der Waals surface area contributed by atoms with Crippen LogP contribution in [0.3, 0.4) is 0 Å². The predicted molar refractivity (Wildman–Crippen MR) is 92.9 cm³/mol. The molecule has 5 heteroatoms. The lowest BCUT2D eigenvalue weighted by Crippen LogP contribution is -2.35. The van der Waals surface area contributed by atoms with Crippen LogP contribution in [0, 0.1) is 0 Å². The predicted octanol–water partition coefficient (Wildman–Crippen LogP) is 3.11. The number of amides is 1. The zero-order chi connectivity index (χ0) is 16.4. The third kappa shape index (κ3) is 3.16. The first-order chi connectivity index (χ1) is 11.8. The summed E-state index contributed by atoms with van der Waals surface area (Å²) in [7, 11) is 0. The minimum absolute atomic E-state index is 0.0101. The number of aromatic nitrogens is 1. The van der Waals surface area contributed by atoms with Gasteiger partial charge in [0.25, 0.3) is 0 Å². The van der Waals surface area contributed by atoms with Crippen molar-refractivity contribution in [2.75, 3.05) is 11.9 Å². The van der Waals surface area contributed by atoms with E-state index in [-0.39, 0.29) is 11.9 Å². The van der Waals surface area contributed by atoms with E-state index in [2.05, 4.69) is 27.8 Å². The molecule has 1 unspecified atom stereocenters. The van der Waals surface area contributed by atoms with E-state index in [0.717, 1.165) is 36.2 Å². The van der Waals surface area contributed by atoms with Gasteiger partial charge in [-0.15, -0.1) is 0 Å². The van der Waals surface area contributed by atoms with Crippen LogP contribution >= 0.6 is 0 Å². The Labute approximate surface area is 140 Å². The highest BCUT2D eigenvalue weighted by molar-refractivity contribution is 5.96. The van der Waals surface area contributed by atoms with Gasteiger partial charge in [0.05, 0.1) is 6.04 Å². The van der Waals surface area contributed by atoms with Crippen molar-refractivity contribution >= 4 is 22.7 Å². The molecular formula is C19H19N3O2. The number of oxazole rings is 1. The molecule has 0 saturated carbocycles. The van der Waals surface area contributed by atoms with Gasteiger partial charge in [-0.3, -0.25) is 4.79 Å². The molecule has 24 heavy (non-hydrogen) atoms. The molecule has 2 aromatic carbocycles. The molecule has 4 rings (SSSR count). The van der Waals surface area contributed by atoms with E-state index in [1.54, 1.807) is 0 Å². The number of carbonyl (C=O) groups excluding carboxylic acids is 1. The lowest BCUT2D eigenvalue weighted by Gasteiger charge is -2.10. The molecule has 1 aliphatic rings. The molecule has 1 aliphatic heterocycles. The van der Waals surface area contributed by atoms with Crippen LogP contribution in [0.5, 0.6) is 0 Å². The second-order valence-electron chi connectivity index (χ2n) is 6.09. The van der Waals surface area contributed by atoms with Gasteiger partial charge in [0.1, 0.15) is 5.52 Å². The second-order valence-corrected chi connectivity index (χ2v) is 6.09. The smallest absolute Gasteiger partial charge is 0.241 e. The molecule has 122 valence electrons. The molecule has 1 amide bonds. The van der Waals surface area contributed by atoms with Gasteiger partial charge < -0.3 is 15.1 Å². The van der Waals surface area contributed by atoms with Crippen molar-refractivity contribution in [3.8, 4) is 0 Å². The fourth-order valence-corrected chi connectivity index (χ4v) is 3.03. The molecule has 1 fully saturated rings. The van der Waals surface area contributed by atoms with Crippen molar-refractivity contribution in [3.63, 3.8) is 0 Å². The average molecular weight is 321 g/mol. The van der Waals surface area contributed by atoms with E-state index in [0.29, 0.717) is 17.9 Å². The Morgan fingerprint density at radius 2 is 2.12 bits per heavy atom. The average Bonchev–Trinajstić information content (AvgIpc) is 3.24. The van der Waals surface area contributed by atoms with E-state index in [1.165, 1.54) is 0 Å². The van der Waals surface area contributed by atoms with Crippen LogP contribution in [-0.4, -0.2) is 23.5 Å². The molecule has 0 radical (unpaired) electrons. The topological polar surface area (TPSA) is 67.2 Å². The number of nitrogens with zero attached hydrogens (tertiary/aromatic N) is 1. The Balaban J connectivity index is 1.51. The fraction of sp³-hybridized carbons (Fsp3) is 0.263. The summed E-state index contributed by atoms with van der Waals surface area (Å²) in [4.78, 5) is 16.7. The Kier molecular flexibility index (Phi) is 4.01. The lowest BCUT2D eigenvalue weighted by molar-refractivity contribution is -0.117. The quantitative estimate of drug-likeness (QED) is 0.775. The van der Waals surface area contributed by atoms with Crippen molar-refractivity contribution in [3.05, 3.63) is 60.0 Å². The summed E-state index contributed by atoms with van der Waals surface area (Å²) in [6.45, 7) is 0.905. The summed E-state index contributed by atoms with van der Waals surface area (Å²) in [5.74, 6) is 0.688. The minimum atomic E-state index is -0.0935. The first kappa shape index (κ1) is 14.9. The highest BCUT2D eigenvalue weighted by atomic mass is 16.3. The van der Waals surface area contributed by atoms with Crippen molar-refractivity contribution in [2.24, 2.45) is 0 Å². The molecule has 0 aliphatic carbocycles. The number of hydrogen-bond acceptors (Lipinski definition) is 4. The van der Waals surface area contributed by atoms with Crippen molar-refractivity contribution in [2.45, 2.75) is 25.3 Å². The third-order valence-corrected chi connectivity index (χ3v) is 4.28. The molecule has 3 aromatic rings. The normalized spacial score (nSPS) is 17.2. The number of carbonyl (C=O) groups is 1. The highest BCUT2D eigenvalue weighted by Gasteiger charge is 2.22. The van der Waals surface area contributed by atoms with Crippen molar-refractivity contribution in [1.82, 2.24) is 10.3 Å². The van der Waals surface area contributed by atoms with Gasteiger partial charge in [0.2, 0.25) is 5.91 Å². The second kappa shape index (κ2) is 6.45. The van der Waals surface area contributed by atoms with Gasteiger partial charge in [-0.25, -0.2) is 4.98 Å². The van der Waals surface area contributed by atoms with Crippen molar-refractivity contribution < 1.29 is 9.21 Å². The lowest BCUT2D eigenvalue weighted by atomic mass is 10.1. The van der Waals surface area contributed by atoms with Crippen LogP contribution < -0.4 is 10.6 Å². The first-order valence-corrected chi connectivity index (χ1v) is 8.25. The van der Waals surface area contributed by atoms with Gasteiger partial charge in [-0.05, 0) is 37.1 Å². The Hall–Kier alpha value is -2.66. The third-order valence-electron chi connectivity index (χ3n) is 4.28. The van der Waals surface area contributed by atoms with Crippen molar-refractivity contribution in [1.29, 1.82) is 0 Å². The molecule has 5 nitrogen and oxygen atoms in total. The summed E-state index contributed by atoms with van der Waals surface area (Å²) in [5, 5.41) is 6.14. The maximum Gasteiger partial charge on any atom is 0.241 e. The molecule has 1 atom stereocenters. The number of hydrogen-bond donors (Lipinski definition) is 2. The Morgan fingerprint density at radius 1 is 1.25 bits per heavy atom. The van der Waals surface area contributed by atoms with Crippen LogP contribution in [0.2, 0.25) is 0 Å². The molecule has 2 N–H and O–H groups in total. The van der Waals surface area contributed by atoms with E-state index < -0.39 is 0 Å². The summed E-state index contributed by atoms with van der Waals surface area (Å²) in [5.41, 5.74) is 3.39. The Morgan fingerprint density at radius 3 is 2.92 bits per heavy atom. The van der Waals surface area contributed by atoms with E-state index >= 15 is 0 Å². The SMILES string of the molecule is O=C(Nc1ccc2nc(Cc3ccccc3)oc2c1)C1CCCN1. The van der Waals surface area contributed by atoms with E-state index in [1.807, 2.05) is 36.4 Å². The maximum absolute atomic E-state index is 12.2. The summed E-state index contributed by atoms with van der Waals surface area (Å²) >= 11 is 0. The molecule has 2 heterocycles. The number of benzene rings is 2. The van der Waals surface area contributed by atoms with Gasteiger partial charge >= 0.3 is 0 Å². The molecule has 1 aromatic heterocycles. The zero-order valence-corrected chi connectivity index (χ0v) is 13.3. The Bertz CT molecular complexity index is 851. The van der Waals surface area contributed by atoms with Crippen LogP contribution in [-0.2, 0) is 11.2 Å².